The van der Waals surface area contributed by atoms with Gasteiger partial charge < -0.3 is 10.2 Å². The van der Waals surface area contributed by atoms with Crippen LogP contribution >= 0.6 is 0 Å². The van der Waals surface area contributed by atoms with E-state index in [1.807, 2.05) is 30.2 Å². The lowest BCUT2D eigenvalue weighted by molar-refractivity contribution is -0.135. The van der Waals surface area contributed by atoms with Gasteiger partial charge in [-0.15, -0.1) is 0 Å². The molecule has 1 aliphatic heterocycles. The smallest absolute Gasteiger partial charge is 0.240 e. The van der Waals surface area contributed by atoms with Gasteiger partial charge in [-0.05, 0) is 36.1 Å². The molecule has 1 aromatic heterocycles. The van der Waals surface area contributed by atoms with E-state index in [0.717, 1.165) is 37.2 Å². The van der Waals surface area contributed by atoms with Gasteiger partial charge >= 0.3 is 0 Å². The maximum Gasteiger partial charge on any atom is 0.240 e. The lowest BCUT2D eigenvalue weighted by atomic mass is 10.00. The SMILES string of the molecule is CCN1CCN[C@@H](Cc2ccc(-c3cccnc3)cc2)C1=O. The lowest BCUT2D eigenvalue weighted by Crippen LogP contribution is -2.55. The van der Waals surface area contributed by atoms with Crippen molar-refractivity contribution in [3.8, 4) is 11.1 Å². The maximum atomic E-state index is 12.3. The van der Waals surface area contributed by atoms with Crippen molar-refractivity contribution >= 4 is 5.91 Å². The molecule has 1 fully saturated rings. The summed E-state index contributed by atoms with van der Waals surface area (Å²) in [6.07, 6.45) is 4.38. The van der Waals surface area contributed by atoms with Crippen molar-refractivity contribution in [3.63, 3.8) is 0 Å². The molecule has 2 heterocycles. The minimum absolute atomic E-state index is 0.0991. The van der Waals surface area contributed by atoms with Gasteiger partial charge in [-0.3, -0.25) is 9.78 Å². The van der Waals surface area contributed by atoms with Crippen molar-refractivity contribution in [3.05, 3.63) is 54.4 Å². The molecule has 4 heteroatoms. The van der Waals surface area contributed by atoms with Crippen LogP contribution in [0.25, 0.3) is 11.1 Å². The van der Waals surface area contributed by atoms with Gasteiger partial charge in [-0.25, -0.2) is 0 Å². The van der Waals surface area contributed by atoms with E-state index in [1.165, 1.54) is 5.56 Å². The summed E-state index contributed by atoms with van der Waals surface area (Å²) in [6, 6.07) is 12.3. The molecule has 1 aromatic carbocycles. The fourth-order valence-electron chi connectivity index (χ4n) is 2.87. The third-order valence-corrected chi connectivity index (χ3v) is 4.15. The number of piperazine rings is 1. The van der Waals surface area contributed by atoms with E-state index < -0.39 is 0 Å². The molecular weight excluding hydrogens is 274 g/mol. The highest BCUT2D eigenvalue weighted by Gasteiger charge is 2.27. The topological polar surface area (TPSA) is 45.2 Å². The highest BCUT2D eigenvalue weighted by molar-refractivity contribution is 5.83. The van der Waals surface area contributed by atoms with Crippen molar-refractivity contribution in [1.29, 1.82) is 0 Å². The third-order valence-electron chi connectivity index (χ3n) is 4.15. The van der Waals surface area contributed by atoms with Crippen LogP contribution in [0.5, 0.6) is 0 Å². The largest absolute Gasteiger partial charge is 0.340 e. The average Bonchev–Trinajstić information content (AvgIpc) is 2.58. The second-order valence-electron chi connectivity index (χ2n) is 5.57. The molecule has 1 saturated heterocycles. The molecule has 114 valence electrons. The first kappa shape index (κ1) is 14.7. The van der Waals surface area contributed by atoms with Crippen LogP contribution in [0.1, 0.15) is 12.5 Å². The Morgan fingerprint density at radius 1 is 1.23 bits per heavy atom. The predicted octanol–water partition coefficient (Wildman–Crippen LogP) is 2.11. The number of rotatable bonds is 4. The van der Waals surface area contributed by atoms with E-state index in [4.69, 9.17) is 0 Å². The molecule has 0 unspecified atom stereocenters. The molecule has 0 spiro atoms. The van der Waals surface area contributed by atoms with Gasteiger partial charge in [-0.1, -0.05) is 30.3 Å². The minimum atomic E-state index is -0.0991. The van der Waals surface area contributed by atoms with E-state index in [9.17, 15) is 4.79 Å². The summed E-state index contributed by atoms with van der Waals surface area (Å²) in [7, 11) is 0. The van der Waals surface area contributed by atoms with Gasteiger partial charge in [0.25, 0.3) is 0 Å². The molecule has 3 rings (SSSR count). The summed E-state index contributed by atoms with van der Waals surface area (Å²) in [5.74, 6) is 0.213. The molecule has 1 N–H and O–H groups in total. The number of carbonyl (C=O) groups is 1. The first-order valence-electron chi connectivity index (χ1n) is 7.79. The average molecular weight is 295 g/mol. The molecule has 1 amide bonds. The molecule has 0 saturated carbocycles. The molecule has 1 aliphatic rings. The zero-order chi connectivity index (χ0) is 15.4. The Hall–Kier alpha value is -2.20. The van der Waals surface area contributed by atoms with Gasteiger partial charge in [0.2, 0.25) is 5.91 Å². The van der Waals surface area contributed by atoms with Crippen molar-refractivity contribution in [1.82, 2.24) is 15.2 Å². The summed E-state index contributed by atoms with van der Waals surface area (Å²) in [4.78, 5) is 18.4. The van der Waals surface area contributed by atoms with E-state index in [-0.39, 0.29) is 11.9 Å². The Balaban J connectivity index is 1.70. The van der Waals surface area contributed by atoms with Crippen molar-refractivity contribution < 1.29 is 4.79 Å². The van der Waals surface area contributed by atoms with Crippen molar-refractivity contribution in [2.75, 3.05) is 19.6 Å². The molecule has 0 radical (unpaired) electrons. The highest BCUT2D eigenvalue weighted by Crippen LogP contribution is 2.19. The van der Waals surface area contributed by atoms with Crippen LogP contribution in [-0.2, 0) is 11.2 Å². The highest BCUT2D eigenvalue weighted by atomic mass is 16.2. The van der Waals surface area contributed by atoms with Crippen molar-refractivity contribution in [2.45, 2.75) is 19.4 Å². The number of nitrogens with zero attached hydrogens (tertiary/aromatic N) is 2. The Labute approximate surface area is 131 Å². The first-order chi connectivity index (χ1) is 10.8. The summed E-state index contributed by atoms with van der Waals surface area (Å²) < 4.78 is 0. The summed E-state index contributed by atoms with van der Waals surface area (Å²) in [5.41, 5.74) is 3.43. The number of benzene rings is 1. The van der Waals surface area contributed by atoms with E-state index in [2.05, 4.69) is 34.6 Å². The van der Waals surface area contributed by atoms with Crippen molar-refractivity contribution in [2.24, 2.45) is 0 Å². The quantitative estimate of drug-likeness (QED) is 0.939. The first-order valence-corrected chi connectivity index (χ1v) is 7.79. The monoisotopic (exact) mass is 295 g/mol. The van der Waals surface area contributed by atoms with Crippen LogP contribution in [0, 0.1) is 0 Å². The number of hydrogen-bond donors (Lipinski definition) is 1. The molecular formula is C18H21N3O. The number of aromatic nitrogens is 1. The molecule has 2 aromatic rings. The second-order valence-corrected chi connectivity index (χ2v) is 5.57. The maximum absolute atomic E-state index is 12.3. The number of nitrogens with one attached hydrogen (secondary N) is 1. The normalized spacial score (nSPS) is 18.5. The standard InChI is InChI=1S/C18H21N3O/c1-2-21-11-10-20-17(18(21)22)12-14-5-7-15(8-6-14)16-4-3-9-19-13-16/h3-9,13,17,20H,2,10-12H2,1H3/t17-/m0/s1. The van der Waals surface area contributed by atoms with Crippen LogP contribution in [0.4, 0.5) is 0 Å². The molecule has 0 aliphatic carbocycles. The Bertz CT molecular complexity index is 625. The van der Waals surface area contributed by atoms with Gasteiger partial charge in [0, 0.05) is 32.0 Å². The van der Waals surface area contributed by atoms with E-state index in [0.29, 0.717) is 0 Å². The summed E-state index contributed by atoms with van der Waals surface area (Å²) in [6.45, 7) is 4.50. The number of pyridine rings is 1. The second kappa shape index (κ2) is 6.71. The number of carbonyl (C=O) groups excluding carboxylic acids is 1. The molecule has 22 heavy (non-hydrogen) atoms. The molecule has 0 bridgehead atoms. The zero-order valence-corrected chi connectivity index (χ0v) is 12.8. The van der Waals surface area contributed by atoms with Crippen LogP contribution in [-0.4, -0.2) is 41.5 Å². The number of amides is 1. The molecule has 4 nitrogen and oxygen atoms in total. The van der Waals surface area contributed by atoms with Crippen LogP contribution in [0.3, 0.4) is 0 Å². The summed E-state index contributed by atoms with van der Waals surface area (Å²) >= 11 is 0. The molecule has 1 atom stereocenters. The number of hydrogen-bond acceptors (Lipinski definition) is 3. The zero-order valence-electron chi connectivity index (χ0n) is 12.8. The number of likely N-dealkylation sites (N-methyl/N-ethyl adjacent to an activating group) is 1. The van der Waals surface area contributed by atoms with E-state index in [1.54, 1.807) is 6.20 Å². The third kappa shape index (κ3) is 3.17. The predicted molar refractivity (Wildman–Crippen MR) is 87.4 cm³/mol. The van der Waals surface area contributed by atoms with Gasteiger partial charge in [0.05, 0.1) is 6.04 Å². The fraction of sp³-hybridized carbons (Fsp3) is 0.333. The van der Waals surface area contributed by atoms with E-state index >= 15 is 0 Å². The Morgan fingerprint density at radius 2 is 2.05 bits per heavy atom. The van der Waals surface area contributed by atoms with Crippen LogP contribution in [0.15, 0.2) is 48.8 Å². The minimum Gasteiger partial charge on any atom is -0.340 e. The van der Waals surface area contributed by atoms with Crippen LogP contribution in [0.2, 0.25) is 0 Å². The Morgan fingerprint density at radius 3 is 2.73 bits per heavy atom. The Kier molecular flexibility index (Phi) is 4.49. The van der Waals surface area contributed by atoms with Gasteiger partial charge in [-0.2, -0.15) is 0 Å². The van der Waals surface area contributed by atoms with Gasteiger partial charge in [0.15, 0.2) is 0 Å². The van der Waals surface area contributed by atoms with Crippen LogP contribution < -0.4 is 5.32 Å². The lowest BCUT2D eigenvalue weighted by Gasteiger charge is -2.32. The fourth-order valence-corrected chi connectivity index (χ4v) is 2.87. The summed E-state index contributed by atoms with van der Waals surface area (Å²) in [5, 5.41) is 3.33. The van der Waals surface area contributed by atoms with Gasteiger partial charge in [0.1, 0.15) is 0 Å².